The van der Waals surface area contributed by atoms with E-state index in [2.05, 4.69) is 45.0 Å². The van der Waals surface area contributed by atoms with Crippen molar-refractivity contribution in [3.63, 3.8) is 0 Å². The number of aliphatic hydroxyl groups is 2. The highest BCUT2D eigenvalue weighted by Gasteiger charge is 2.13. The van der Waals surface area contributed by atoms with E-state index in [9.17, 15) is 10.2 Å². The van der Waals surface area contributed by atoms with Crippen LogP contribution in [-0.2, 0) is 5.41 Å². The van der Waals surface area contributed by atoms with E-state index in [1.54, 1.807) is 0 Å². The molecule has 132 valence electrons. The summed E-state index contributed by atoms with van der Waals surface area (Å²) >= 11 is 0. The highest BCUT2D eigenvalue weighted by molar-refractivity contribution is 5.64. The summed E-state index contributed by atoms with van der Waals surface area (Å²) in [5.74, 6) is -0.670. The Morgan fingerprint density at radius 2 is 1.56 bits per heavy atom. The lowest BCUT2D eigenvalue weighted by molar-refractivity contribution is 0.186. The van der Waals surface area contributed by atoms with Gasteiger partial charge in [0, 0.05) is 19.2 Å². The number of hydrogen-bond donors (Lipinski definition) is 2. The van der Waals surface area contributed by atoms with Crippen LogP contribution in [-0.4, -0.2) is 28.7 Å². The van der Waals surface area contributed by atoms with Crippen molar-refractivity contribution in [3.05, 3.63) is 83.3 Å². The maximum atomic E-state index is 9.63. The van der Waals surface area contributed by atoms with Crippen LogP contribution >= 0.6 is 0 Å². The third-order valence-corrected chi connectivity index (χ3v) is 4.11. The molecule has 0 radical (unpaired) electrons. The highest BCUT2D eigenvalue weighted by Crippen LogP contribution is 2.23. The molecule has 0 aliphatic carbocycles. The van der Waals surface area contributed by atoms with Crippen LogP contribution in [0.3, 0.4) is 0 Å². The first-order valence-electron chi connectivity index (χ1n) is 8.45. The van der Waals surface area contributed by atoms with Gasteiger partial charge in [-0.05, 0) is 16.5 Å². The molecule has 2 aromatic carbocycles. The minimum absolute atomic E-state index is 0.149. The highest BCUT2D eigenvalue weighted by atomic mass is 16.5. The number of nitrogens with zero attached hydrogens (tertiary/aromatic N) is 1. The van der Waals surface area contributed by atoms with Crippen LogP contribution in [0.25, 0.3) is 11.8 Å². The summed E-state index contributed by atoms with van der Waals surface area (Å²) in [4.78, 5) is 1.81. The van der Waals surface area contributed by atoms with Crippen molar-refractivity contribution in [3.8, 4) is 0 Å². The Bertz CT molecular complexity index is 734. The summed E-state index contributed by atoms with van der Waals surface area (Å²) < 4.78 is 0. The monoisotopic (exact) mass is 337 g/mol. The second-order valence-corrected chi connectivity index (χ2v) is 7.19. The Labute approximate surface area is 150 Å². The first kappa shape index (κ1) is 18.7. The molecule has 3 nitrogen and oxygen atoms in total. The maximum Gasteiger partial charge on any atom is 0.299 e. The molecule has 0 saturated carbocycles. The molecular formula is C22H27NO2. The summed E-state index contributed by atoms with van der Waals surface area (Å²) in [6.07, 6.45) is 4.05. The lowest BCUT2D eigenvalue weighted by atomic mass is 9.87. The SMILES string of the molecule is CN(C/C=C/c1ccc(C(C)(C)C)cc1)C(=C(O)O)c1ccccc1. The average molecular weight is 337 g/mol. The fraction of sp³-hybridized carbons (Fsp3) is 0.273. The fourth-order valence-corrected chi connectivity index (χ4v) is 2.65. The van der Waals surface area contributed by atoms with Gasteiger partial charge in [0.25, 0.3) is 5.95 Å². The first-order valence-corrected chi connectivity index (χ1v) is 8.45. The molecule has 0 spiro atoms. The van der Waals surface area contributed by atoms with Gasteiger partial charge >= 0.3 is 0 Å². The van der Waals surface area contributed by atoms with E-state index in [-0.39, 0.29) is 5.41 Å². The van der Waals surface area contributed by atoms with Crippen molar-refractivity contribution in [2.45, 2.75) is 26.2 Å². The van der Waals surface area contributed by atoms with Gasteiger partial charge in [0.2, 0.25) is 0 Å². The van der Waals surface area contributed by atoms with Gasteiger partial charge in [-0.3, -0.25) is 0 Å². The molecule has 0 amide bonds. The van der Waals surface area contributed by atoms with Gasteiger partial charge in [-0.2, -0.15) is 0 Å². The van der Waals surface area contributed by atoms with Gasteiger partial charge < -0.3 is 15.1 Å². The van der Waals surface area contributed by atoms with Crippen molar-refractivity contribution in [1.82, 2.24) is 4.90 Å². The van der Waals surface area contributed by atoms with Crippen molar-refractivity contribution >= 4 is 11.8 Å². The second kappa shape index (κ2) is 7.93. The van der Waals surface area contributed by atoms with Crippen LogP contribution in [0.2, 0.25) is 0 Å². The van der Waals surface area contributed by atoms with Crippen molar-refractivity contribution in [1.29, 1.82) is 0 Å². The Hall–Kier alpha value is -2.68. The lowest BCUT2D eigenvalue weighted by Gasteiger charge is -2.21. The quantitative estimate of drug-likeness (QED) is 0.721. The van der Waals surface area contributed by atoms with Gasteiger partial charge in [-0.25, -0.2) is 0 Å². The average Bonchev–Trinajstić information content (AvgIpc) is 2.55. The topological polar surface area (TPSA) is 43.7 Å². The summed E-state index contributed by atoms with van der Waals surface area (Å²) in [5, 5.41) is 19.3. The van der Waals surface area contributed by atoms with E-state index in [0.717, 1.165) is 11.1 Å². The third kappa shape index (κ3) is 5.15. The summed E-state index contributed by atoms with van der Waals surface area (Å²) in [7, 11) is 1.84. The number of rotatable bonds is 5. The van der Waals surface area contributed by atoms with Crippen LogP contribution in [0, 0.1) is 0 Å². The van der Waals surface area contributed by atoms with Gasteiger partial charge in [-0.1, -0.05) is 87.5 Å². The summed E-state index contributed by atoms with van der Waals surface area (Å²) in [6.45, 7) is 7.17. The van der Waals surface area contributed by atoms with E-state index in [1.807, 2.05) is 54.4 Å². The van der Waals surface area contributed by atoms with Crippen LogP contribution in [0.4, 0.5) is 0 Å². The van der Waals surface area contributed by atoms with Crippen LogP contribution in [0.5, 0.6) is 0 Å². The van der Waals surface area contributed by atoms with Gasteiger partial charge in [0.1, 0.15) is 5.70 Å². The molecule has 25 heavy (non-hydrogen) atoms. The number of aliphatic hydroxyl groups excluding tert-OH is 1. The molecule has 0 unspecified atom stereocenters. The molecule has 0 aliphatic rings. The van der Waals surface area contributed by atoms with Crippen LogP contribution < -0.4 is 0 Å². The molecule has 2 rings (SSSR count). The van der Waals surface area contributed by atoms with Crippen LogP contribution in [0.15, 0.2) is 66.6 Å². The normalized spacial score (nSPS) is 11.5. The molecule has 2 N–H and O–H groups in total. The third-order valence-electron chi connectivity index (χ3n) is 4.11. The fourth-order valence-electron chi connectivity index (χ4n) is 2.65. The number of likely N-dealkylation sites (N-methyl/N-ethyl adjacent to an activating group) is 1. The number of benzene rings is 2. The Kier molecular flexibility index (Phi) is 5.92. The standard InChI is InChI=1S/C22H27NO2/c1-22(2,3)19-14-12-17(13-15-19)9-8-16-23(4)20(21(24)25)18-10-6-5-7-11-18/h5-15,24-25H,16H2,1-4H3/b9-8+. The van der Waals surface area contributed by atoms with E-state index >= 15 is 0 Å². The van der Waals surface area contributed by atoms with Gasteiger partial charge in [0.05, 0.1) is 0 Å². The molecule has 0 fully saturated rings. The first-order chi connectivity index (χ1) is 11.8. The molecule has 0 saturated heterocycles. The molecule has 2 aromatic rings. The molecular weight excluding hydrogens is 310 g/mol. The minimum Gasteiger partial charge on any atom is -0.480 e. The molecule has 0 aromatic heterocycles. The van der Waals surface area contributed by atoms with E-state index < -0.39 is 5.95 Å². The smallest absolute Gasteiger partial charge is 0.299 e. The van der Waals surface area contributed by atoms with Gasteiger partial charge in [0.15, 0.2) is 0 Å². The Morgan fingerprint density at radius 3 is 2.08 bits per heavy atom. The zero-order valence-corrected chi connectivity index (χ0v) is 15.4. The molecule has 0 heterocycles. The molecule has 3 heteroatoms. The minimum atomic E-state index is -0.670. The largest absolute Gasteiger partial charge is 0.480 e. The zero-order chi connectivity index (χ0) is 18.4. The maximum absolute atomic E-state index is 9.63. The lowest BCUT2D eigenvalue weighted by Crippen LogP contribution is -2.18. The predicted octanol–water partition coefficient (Wildman–Crippen LogP) is 5.37. The van der Waals surface area contributed by atoms with E-state index in [4.69, 9.17) is 0 Å². The summed E-state index contributed by atoms with van der Waals surface area (Å²) in [6, 6.07) is 17.9. The molecule has 0 aliphatic heterocycles. The Balaban J connectivity index is 2.07. The van der Waals surface area contributed by atoms with Crippen molar-refractivity contribution < 1.29 is 10.2 Å². The predicted molar refractivity (Wildman–Crippen MR) is 105 cm³/mol. The Morgan fingerprint density at radius 1 is 0.960 bits per heavy atom. The van der Waals surface area contributed by atoms with Crippen molar-refractivity contribution in [2.24, 2.45) is 0 Å². The summed E-state index contributed by atoms with van der Waals surface area (Å²) in [5.41, 5.74) is 3.76. The van der Waals surface area contributed by atoms with E-state index in [0.29, 0.717) is 12.2 Å². The van der Waals surface area contributed by atoms with Gasteiger partial charge in [-0.15, -0.1) is 0 Å². The number of hydrogen-bond acceptors (Lipinski definition) is 3. The molecule has 0 atom stereocenters. The van der Waals surface area contributed by atoms with E-state index in [1.165, 1.54) is 5.56 Å². The van der Waals surface area contributed by atoms with Crippen LogP contribution in [0.1, 0.15) is 37.5 Å². The molecule has 0 bridgehead atoms. The van der Waals surface area contributed by atoms with Crippen molar-refractivity contribution in [2.75, 3.05) is 13.6 Å². The second-order valence-electron chi connectivity index (χ2n) is 7.19. The zero-order valence-electron chi connectivity index (χ0n) is 15.4.